The molecule has 0 spiro atoms. The number of nitrogens with one attached hydrogen (secondary N) is 3. The van der Waals surface area contributed by atoms with Crippen LogP contribution < -0.4 is 10.6 Å². The second-order valence-electron chi connectivity index (χ2n) is 18.4. The molecule has 0 saturated carbocycles. The van der Waals surface area contributed by atoms with E-state index < -0.39 is 24.2 Å². The largest absolute Gasteiger partial charge is 0.355 e. The van der Waals surface area contributed by atoms with Gasteiger partial charge in [0.15, 0.2) is 0 Å². The van der Waals surface area contributed by atoms with E-state index in [-0.39, 0.29) is 23.6 Å². The van der Waals surface area contributed by atoms with Crippen LogP contribution in [0.5, 0.6) is 0 Å². The number of carbonyl (C=O) groups is 4. The number of amides is 4. The second kappa shape index (κ2) is 20.6. The first-order valence-electron chi connectivity index (χ1n) is 22.8. The molecule has 2 aliphatic heterocycles. The predicted molar refractivity (Wildman–Crippen MR) is 253 cm³/mol. The van der Waals surface area contributed by atoms with Gasteiger partial charge in [0.2, 0.25) is 23.6 Å². The van der Waals surface area contributed by atoms with E-state index in [9.17, 15) is 19.2 Å². The lowest BCUT2D eigenvalue weighted by Gasteiger charge is -2.33. The topological polar surface area (TPSA) is 121 Å². The Morgan fingerprint density at radius 3 is 1.56 bits per heavy atom. The monoisotopic (exact) mass is 852 g/mol. The van der Waals surface area contributed by atoms with E-state index in [0.29, 0.717) is 49.1 Å². The first kappa shape index (κ1) is 45.3. The Labute approximate surface area is 373 Å². The molecule has 3 heterocycles. The fourth-order valence-electron chi connectivity index (χ4n) is 9.09. The number of hydrogen-bond acceptors (Lipinski definition) is 6. The SMILES string of the molecule is CC(C)CCN(C)[C@H](C(=O)N1CCCC1C(=O)Nc1ccc2[nH]c(-c3ccc(NC(=O)[C@@H]4CCCN4C(=O)[C@@H](c4ccccc4)N(C)CCC(C)C)cc3)cc2c1)c1ccccc1. The number of nitrogens with zero attached hydrogens (tertiary/aromatic N) is 4. The molecule has 2 saturated heterocycles. The number of H-pyrrole nitrogens is 1. The Hall–Kier alpha value is -5.78. The smallest absolute Gasteiger partial charge is 0.247 e. The van der Waals surface area contributed by atoms with Gasteiger partial charge in [-0.05, 0) is 131 Å². The average Bonchev–Trinajstić information content (AvgIpc) is 4.07. The van der Waals surface area contributed by atoms with Crippen molar-refractivity contribution in [2.75, 3.05) is 50.9 Å². The Bertz CT molecular complexity index is 2330. The molecule has 1 aromatic heterocycles. The zero-order chi connectivity index (χ0) is 44.6. The van der Waals surface area contributed by atoms with Crippen LogP contribution in [0.2, 0.25) is 0 Å². The van der Waals surface area contributed by atoms with Crippen LogP contribution in [0, 0.1) is 11.8 Å². The summed E-state index contributed by atoms with van der Waals surface area (Å²) in [6.07, 6.45) is 4.73. The van der Waals surface area contributed by atoms with Crippen molar-refractivity contribution in [1.29, 1.82) is 0 Å². The van der Waals surface area contributed by atoms with Crippen molar-refractivity contribution < 1.29 is 19.2 Å². The lowest BCUT2D eigenvalue weighted by molar-refractivity contribution is -0.141. The quantitative estimate of drug-likeness (QED) is 0.0859. The number of anilines is 2. The maximum atomic E-state index is 14.3. The van der Waals surface area contributed by atoms with Gasteiger partial charge in [0.25, 0.3) is 0 Å². The lowest BCUT2D eigenvalue weighted by Crippen LogP contribution is -2.48. The van der Waals surface area contributed by atoms with Crippen LogP contribution in [0.3, 0.4) is 0 Å². The van der Waals surface area contributed by atoms with Crippen molar-refractivity contribution in [3.05, 3.63) is 120 Å². The van der Waals surface area contributed by atoms with Crippen LogP contribution in [-0.4, -0.2) is 101 Å². The van der Waals surface area contributed by atoms with E-state index in [2.05, 4.69) is 53.1 Å². The average molecular weight is 852 g/mol. The van der Waals surface area contributed by atoms with E-state index >= 15 is 0 Å². The molecule has 63 heavy (non-hydrogen) atoms. The van der Waals surface area contributed by atoms with Crippen molar-refractivity contribution in [3.63, 3.8) is 0 Å². The number of likely N-dealkylation sites (N-methyl/N-ethyl adjacent to an activating group) is 2. The summed E-state index contributed by atoms with van der Waals surface area (Å²) in [6.45, 7) is 11.4. The maximum Gasteiger partial charge on any atom is 0.247 e. The van der Waals surface area contributed by atoms with Crippen LogP contribution in [0.1, 0.15) is 89.4 Å². The van der Waals surface area contributed by atoms with Gasteiger partial charge in [-0.2, -0.15) is 0 Å². The first-order valence-corrected chi connectivity index (χ1v) is 22.8. The van der Waals surface area contributed by atoms with Gasteiger partial charge in [0, 0.05) is 41.1 Å². The highest BCUT2D eigenvalue weighted by Crippen LogP contribution is 2.32. The van der Waals surface area contributed by atoms with E-state index in [1.165, 1.54) is 0 Å². The molecular formula is C52H65N7O4. The Balaban J connectivity index is 0.990. The summed E-state index contributed by atoms with van der Waals surface area (Å²) in [4.78, 5) is 67.4. The summed E-state index contributed by atoms with van der Waals surface area (Å²) >= 11 is 0. The van der Waals surface area contributed by atoms with Gasteiger partial charge in [0.05, 0.1) is 0 Å². The molecule has 0 aliphatic carbocycles. The highest BCUT2D eigenvalue weighted by molar-refractivity contribution is 6.01. The second-order valence-corrected chi connectivity index (χ2v) is 18.4. The number of aromatic amines is 1. The van der Waals surface area contributed by atoms with Gasteiger partial charge in [-0.15, -0.1) is 0 Å². The molecule has 0 bridgehead atoms. The minimum absolute atomic E-state index is 0.0366. The van der Waals surface area contributed by atoms with E-state index in [0.717, 1.165) is 72.1 Å². The standard InChI is InChI=1S/C52H65N7O4/c1-35(2)27-31-56(5)47(38-15-9-7-10-16-38)51(62)58-29-13-19-45(58)49(60)53-41-23-21-37(22-24-41)44-34-40-33-42(25-26-43(40)55-44)54-50(61)46-20-14-30-59(46)52(63)48(39-17-11-8-12-18-39)57(6)32-28-36(3)4/h7-12,15-18,21-26,33-36,45-48,55H,13-14,19-20,27-32H2,1-6H3,(H,53,60)(H,54,61)/t45-,46?,47+,48-/m0/s1. The van der Waals surface area contributed by atoms with Crippen LogP contribution in [0.15, 0.2) is 109 Å². The summed E-state index contributed by atoms with van der Waals surface area (Å²) in [6, 6.07) is 33.3. The Kier molecular flexibility index (Phi) is 14.8. The van der Waals surface area contributed by atoms with Crippen molar-refractivity contribution in [3.8, 4) is 11.3 Å². The summed E-state index contributed by atoms with van der Waals surface area (Å²) in [5.74, 6) is 0.591. The third-order valence-electron chi connectivity index (χ3n) is 12.7. The first-order chi connectivity index (χ1) is 30.4. The molecule has 5 aromatic rings. The van der Waals surface area contributed by atoms with Crippen molar-refractivity contribution >= 4 is 45.9 Å². The van der Waals surface area contributed by atoms with Gasteiger partial charge in [-0.1, -0.05) is 100 Å². The molecule has 332 valence electrons. The van der Waals surface area contributed by atoms with Crippen LogP contribution >= 0.6 is 0 Å². The van der Waals surface area contributed by atoms with E-state index in [1.807, 2.05) is 123 Å². The molecule has 2 fully saturated rings. The predicted octanol–water partition coefficient (Wildman–Crippen LogP) is 9.13. The van der Waals surface area contributed by atoms with Gasteiger partial charge in [-0.25, -0.2) is 0 Å². The summed E-state index contributed by atoms with van der Waals surface area (Å²) in [5.41, 5.74) is 5.96. The number of benzene rings is 4. The summed E-state index contributed by atoms with van der Waals surface area (Å²) in [7, 11) is 4.00. The molecule has 2 aliphatic rings. The zero-order valence-electron chi connectivity index (χ0n) is 37.8. The molecule has 1 unspecified atom stereocenters. The molecule has 4 amide bonds. The van der Waals surface area contributed by atoms with Crippen molar-refractivity contribution in [2.24, 2.45) is 11.8 Å². The molecular weight excluding hydrogens is 787 g/mol. The highest BCUT2D eigenvalue weighted by atomic mass is 16.2. The molecule has 3 N–H and O–H groups in total. The Morgan fingerprint density at radius 2 is 1.08 bits per heavy atom. The minimum Gasteiger partial charge on any atom is -0.355 e. The van der Waals surface area contributed by atoms with E-state index in [4.69, 9.17) is 0 Å². The van der Waals surface area contributed by atoms with Gasteiger partial charge >= 0.3 is 0 Å². The fraction of sp³-hybridized carbons (Fsp3) is 0.423. The number of rotatable bonds is 17. The normalized spacial score (nSPS) is 17.6. The Morgan fingerprint density at radius 1 is 0.619 bits per heavy atom. The van der Waals surface area contributed by atoms with Crippen LogP contribution in [0.25, 0.3) is 22.2 Å². The molecule has 0 radical (unpaired) electrons. The third kappa shape index (κ3) is 10.9. The number of fused-ring (bicyclic) bond motifs is 1. The lowest BCUT2D eigenvalue weighted by atomic mass is 10.0. The highest BCUT2D eigenvalue weighted by Gasteiger charge is 2.40. The molecule has 7 rings (SSSR count). The fourth-order valence-corrected chi connectivity index (χ4v) is 9.09. The van der Waals surface area contributed by atoms with Gasteiger partial charge < -0.3 is 25.4 Å². The minimum atomic E-state index is -0.552. The number of hydrogen-bond donors (Lipinski definition) is 3. The summed E-state index contributed by atoms with van der Waals surface area (Å²) < 4.78 is 0. The summed E-state index contributed by atoms with van der Waals surface area (Å²) in [5, 5.41) is 7.14. The van der Waals surface area contributed by atoms with Crippen LogP contribution in [0.4, 0.5) is 11.4 Å². The number of carbonyl (C=O) groups excluding carboxylic acids is 4. The molecule has 11 heteroatoms. The van der Waals surface area contributed by atoms with Crippen molar-refractivity contribution in [1.82, 2.24) is 24.6 Å². The number of likely N-dealkylation sites (tertiary alicyclic amines) is 2. The molecule has 4 atom stereocenters. The number of aromatic nitrogens is 1. The molecule has 11 nitrogen and oxygen atoms in total. The van der Waals surface area contributed by atoms with Gasteiger partial charge in [0.1, 0.15) is 24.2 Å². The third-order valence-corrected chi connectivity index (χ3v) is 12.7. The van der Waals surface area contributed by atoms with E-state index in [1.54, 1.807) is 9.80 Å². The van der Waals surface area contributed by atoms with Crippen LogP contribution in [-0.2, 0) is 19.2 Å². The maximum absolute atomic E-state index is 14.3. The van der Waals surface area contributed by atoms with Crippen molar-refractivity contribution in [2.45, 2.75) is 90.4 Å². The molecule has 4 aromatic carbocycles. The van der Waals surface area contributed by atoms with Gasteiger partial charge in [-0.3, -0.25) is 29.0 Å². The zero-order valence-corrected chi connectivity index (χ0v) is 37.8.